The topological polar surface area (TPSA) is 38.7 Å². The molecular formula is C41H25N3S. The zero-order chi connectivity index (χ0) is 29.7. The molecular weight excluding hydrogens is 567 g/mol. The number of hydrogen-bond donors (Lipinski definition) is 0. The molecule has 0 atom stereocenters. The maximum atomic E-state index is 5.03. The van der Waals surface area contributed by atoms with Gasteiger partial charge in [-0.1, -0.05) is 121 Å². The van der Waals surface area contributed by atoms with Crippen LogP contribution in [0.5, 0.6) is 0 Å². The Hall–Kier alpha value is -5.71. The van der Waals surface area contributed by atoms with Gasteiger partial charge in [-0.2, -0.15) is 0 Å². The molecule has 0 aliphatic heterocycles. The summed E-state index contributed by atoms with van der Waals surface area (Å²) < 4.78 is 2.64. The quantitative estimate of drug-likeness (QED) is 0.204. The molecule has 0 N–H and O–H groups in total. The van der Waals surface area contributed by atoms with E-state index in [1.165, 1.54) is 42.1 Å². The highest BCUT2D eigenvalue weighted by atomic mass is 32.1. The van der Waals surface area contributed by atoms with Gasteiger partial charge in [0.15, 0.2) is 17.5 Å². The van der Waals surface area contributed by atoms with E-state index in [1.54, 1.807) is 0 Å². The lowest BCUT2D eigenvalue weighted by molar-refractivity contribution is 1.08. The van der Waals surface area contributed by atoms with Crippen LogP contribution in [0.15, 0.2) is 152 Å². The smallest absolute Gasteiger partial charge is 0.164 e. The van der Waals surface area contributed by atoms with Crippen LogP contribution < -0.4 is 0 Å². The Morgan fingerprint density at radius 2 is 0.956 bits per heavy atom. The maximum Gasteiger partial charge on any atom is 0.164 e. The first-order valence-electron chi connectivity index (χ1n) is 15.0. The first kappa shape index (κ1) is 25.8. The number of aromatic nitrogens is 3. The van der Waals surface area contributed by atoms with Gasteiger partial charge in [-0.25, -0.2) is 15.0 Å². The summed E-state index contributed by atoms with van der Waals surface area (Å²) in [7, 11) is 0. The Kier molecular flexibility index (Phi) is 6.00. The van der Waals surface area contributed by atoms with Crippen molar-refractivity contribution in [3.8, 4) is 45.3 Å². The third-order valence-corrected chi connectivity index (χ3v) is 9.65. The molecule has 0 bridgehead atoms. The van der Waals surface area contributed by atoms with Crippen LogP contribution in [-0.4, -0.2) is 15.0 Å². The molecule has 7 aromatic carbocycles. The molecule has 0 saturated heterocycles. The molecule has 4 heteroatoms. The molecule has 0 fully saturated rings. The zero-order valence-electron chi connectivity index (χ0n) is 24.2. The van der Waals surface area contributed by atoms with E-state index in [0.717, 1.165) is 27.5 Å². The molecule has 0 unspecified atom stereocenters. The van der Waals surface area contributed by atoms with Crippen LogP contribution in [0.3, 0.4) is 0 Å². The highest BCUT2D eigenvalue weighted by molar-refractivity contribution is 7.25. The fraction of sp³-hybridized carbons (Fsp3) is 0. The molecule has 9 rings (SSSR count). The first-order valence-corrected chi connectivity index (χ1v) is 15.8. The number of benzene rings is 7. The molecule has 0 spiro atoms. The van der Waals surface area contributed by atoms with Gasteiger partial charge >= 0.3 is 0 Å². The second-order valence-electron chi connectivity index (χ2n) is 11.3. The average Bonchev–Trinajstić information content (AvgIpc) is 3.49. The Morgan fingerprint density at radius 1 is 0.333 bits per heavy atom. The van der Waals surface area contributed by atoms with Crippen LogP contribution >= 0.6 is 11.3 Å². The van der Waals surface area contributed by atoms with Gasteiger partial charge < -0.3 is 0 Å². The monoisotopic (exact) mass is 591 g/mol. The Morgan fingerprint density at radius 3 is 1.80 bits per heavy atom. The molecule has 45 heavy (non-hydrogen) atoms. The fourth-order valence-corrected chi connectivity index (χ4v) is 7.33. The number of fused-ring (bicyclic) bond motifs is 5. The molecule has 0 radical (unpaired) electrons. The SMILES string of the molecule is c1ccc(-c2nc(-c3ccc4ccccc4c3)nc(-c3ccc4c(-c5ccc6sc7ccccc7c6c5)cccc4c3)n2)cc1. The average molecular weight is 592 g/mol. The summed E-state index contributed by atoms with van der Waals surface area (Å²) in [5.74, 6) is 1.98. The minimum absolute atomic E-state index is 0.658. The van der Waals surface area contributed by atoms with Crippen LogP contribution in [0.1, 0.15) is 0 Å². The molecule has 2 aromatic heterocycles. The van der Waals surface area contributed by atoms with Crippen molar-refractivity contribution >= 4 is 53.1 Å². The summed E-state index contributed by atoms with van der Waals surface area (Å²) >= 11 is 1.85. The van der Waals surface area contributed by atoms with Gasteiger partial charge in [0.1, 0.15) is 0 Å². The van der Waals surface area contributed by atoms with E-state index >= 15 is 0 Å². The van der Waals surface area contributed by atoms with Crippen LogP contribution in [0, 0.1) is 0 Å². The van der Waals surface area contributed by atoms with Crippen molar-refractivity contribution in [2.75, 3.05) is 0 Å². The summed E-state index contributed by atoms with van der Waals surface area (Å²) in [6.07, 6.45) is 0. The lowest BCUT2D eigenvalue weighted by Crippen LogP contribution is -2.00. The van der Waals surface area contributed by atoms with E-state index in [0.29, 0.717) is 17.5 Å². The van der Waals surface area contributed by atoms with Crippen molar-refractivity contribution in [2.45, 2.75) is 0 Å². The highest BCUT2D eigenvalue weighted by Gasteiger charge is 2.14. The van der Waals surface area contributed by atoms with E-state index in [-0.39, 0.29) is 0 Å². The van der Waals surface area contributed by atoms with Gasteiger partial charge in [0.2, 0.25) is 0 Å². The molecule has 0 saturated carbocycles. The van der Waals surface area contributed by atoms with Crippen LogP contribution in [0.4, 0.5) is 0 Å². The standard InChI is InChI=1S/C41H25N3S/c1-2-10-27(11-3-1)39-42-40(31-18-17-26-9-4-5-12-28(26)23-31)44-41(43-39)32-19-21-34-29(24-32)13-8-15-33(34)30-20-22-38-36(25-30)35-14-6-7-16-37(35)45-38/h1-25H. The fourth-order valence-electron chi connectivity index (χ4n) is 6.25. The minimum Gasteiger partial charge on any atom is -0.208 e. The third kappa shape index (κ3) is 4.55. The molecule has 0 amide bonds. The van der Waals surface area contributed by atoms with Crippen molar-refractivity contribution < 1.29 is 0 Å². The summed E-state index contributed by atoms with van der Waals surface area (Å²) in [6, 6.07) is 53.4. The van der Waals surface area contributed by atoms with Gasteiger partial charge in [0.25, 0.3) is 0 Å². The number of hydrogen-bond acceptors (Lipinski definition) is 4. The van der Waals surface area contributed by atoms with E-state index in [1.807, 2.05) is 41.7 Å². The predicted molar refractivity (Wildman–Crippen MR) is 189 cm³/mol. The lowest BCUT2D eigenvalue weighted by Gasteiger charge is -2.11. The van der Waals surface area contributed by atoms with Gasteiger partial charge in [0.05, 0.1) is 0 Å². The summed E-state index contributed by atoms with van der Waals surface area (Å²) in [4.78, 5) is 15.0. The molecule has 0 aliphatic rings. The first-order chi connectivity index (χ1) is 22.3. The van der Waals surface area contributed by atoms with Crippen molar-refractivity contribution in [3.05, 3.63) is 152 Å². The van der Waals surface area contributed by atoms with E-state index in [4.69, 9.17) is 15.0 Å². The van der Waals surface area contributed by atoms with Crippen molar-refractivity contribution in [1.82, 2.24) is 15.0 Å². The second-order valence-corrected chi connectivity index (χ2v) is 12.4. The van der Waals surface area contributed by atoms with Crippen molar-refractivity contribution in [2.24, 2.45) is 0 Å². The number of nitrogens with zero attached hydrogens (tertiary/aromatic N) is 3. The largest absolute Gasteiger partial charge is 0.208 e. The van der Waals surface area contributed by atoms with Gasteiger partial charge in [-0.3, -0.25) is 0 Å². The second kappa shape index (κ2) is 10.5. The van der Waals surface area contributed by atoms with Crippen molar-refractivity contribution in [1.29, 1.82) is 0 Å². The zero-order valence-corrected chi connectivity index (χ0v) is 25.0. The highest BCUT2D eigenvalue weighted by Crippen LogP contribution is 2.38. The molecule has 210 valence electrons. The van der Waals surface area contributed by atoms with Crippen molar-refractivity contribution in [3.63, 3.8) is 0 Å². The van der Waals surface area contributed by atoms with Gasteiger partial charge in [0, 0.05) is 36.9 Å². The molecule has 2 heterocycles. The minimum atomic E-state index is 0.658. The summed E-state index contributed by atoms with van der Waals surface area (Å²) in [6.45, 7) is 0. The van der Waals surface area contributed by atoms with Crippen LogP contribution in [0.2, 0.25) is 0 Å². The predicted octanol–water partition coefficient (Wildman–Crippen LogP) is 11.2. The Bertz CT molecular complexity index is 2550. The lowest BCUT2D eigenvalue weighted by atomic mass is 9.96. The Balaban J connectivity index is 1.18. The molecule has 3 nitrogen and oxygen atoms in total. The van der Waals surface area contributed by atoms with Crippen LogP contribution in [-0.2, 0) is 0 Å². The van der Waals surface area contributed by atoms with Crippen LogP contribution in [0.25, 0.3) is 87.0 Å². The van der Waals surface area contributed by atoms with E-state index < -0.39 is 0 Å². The van der Waals surface area contributed by atoms with E-state index in [9.17, 15) is 0 Å². The number of rotatable bonds is 4. The summed E-state index contributed by atoms with van der Waals surface area (Å²) in [5, 5.41) is 7.32. The Labute approximate surface area is 264 Å². The summed E-state index contributed by atoms with van der Waals surface area (Å²) in [5.41, 5.74) is 5.32. The maximum absolute atomic E-state index is 5.03. The molecule has 9 aromatic rings. The molecule has 0 aliphatic carbocycles. The van der Waals surface area contributed by atoms with E-state index in [2.05, 4.69) is 121 Å². The third-order valence-electron chi connectivity index (χ3n) is 8.50. The number of thiophene rings is 1. The normalized spacial score (nSPS) is 11.6. The van der Waals surface area contributed by atoms with Gasteiger partial charge in [-0.15, -0.1) is 11.3 Å². The van der Waals surface area contributed by atoms with Gasteiger partial charge in [-0.05, 0) is 63.0 Å².